The van der Waals surface area contributed by atoms with Crippen LogP contribution in [0.5, 0.6) is 0 Å². The Bertz CT molecular complexity index is 521. The lowest BCUT2D eigenvalue weighted by Crippen LogP contribution is -2.40. The van der Waals surface area contributed by atoms with Gasteiger partial charge in [-0.25, -0.2) is 4.98 Å². The zero-order chi connectivity index (χ0) is 18.3. The first-order chi connectivity index (χ1) is 11.1. The van der Waals surface area contributed by atoms with Gasteiger partial charge in [0.1, 0.15) is 0 Å². The molecule has 1 rings (SSSR count). The molecule has 0 unspecified atom stereocenters. The van der Waals surface area contributed by atoms with Crippen molar-refractivity contribution in [1.29, 1.82) is 0 Å². The molecule has 1 aromatic heterocycles. The van der Waals surface area contributed by atoms with E-state index in [0.29, 0.717) is 29.9 Å². The van der Waals surface area contributed by atoms with Gasteiger partial charge in [-0.15, -0.1) is 11.3 Å². The fourth-order valence-corrected chi connectivity index (χ4v) is 3.40. The molecule has 136 valence electrons. The van der Waals surface area contributed by atoms with Gasteiger partial charge >= 0.3 is 0 Å². The molecular formula is C18H31N3O2S. The van der Waals surface area contributed by atoms with Crippen molar-refractivity contribution in [3.8, 4) is 0 Å². The Morgan fingerprint density at radius 1 is 1.29 bits per heavy atom. The molecule has 1 N–H and O–H groups in total. The highest BCUT2D eigenvalue weighted by Gasteiger charge is 2.23. The Labute approximate surface area is 149 Å². The van der Waals surface area contributed by atoms with Crippen LogP contribution in [0, 0.1) is 17.3 Å². The highest BCUT2D eigenvalue weighted by atomic mass is 32.1. The van der Waals surface area contributed by atoms with Gasteiger partial charge < -0.3 is 10.2 Å². The molecule has 6 heteroatoms. The van der Waals surface area contributed by atoms with E-state index in [1.165, 1.54) is 11.3 Å². The summed E-state index contributed by atoms with van der Waals surface area (Å²) in [6.45, 7) is 13.4. The summed E-state index contributed by atoms with van der Waals surface area (Å²) in [5.74, 6) is 0.478. The predicted molar refractivity (Wildman–Crippen MR) is 100 cm³/mol. The van der Waals surface area contributed by atoms with Gasteiger partial charge in [-0.3, -0.25) is 9.59 Å². The molecule has 0 bridgehead atoms. The summed E-state index contributed by atoms with van der Waals surface area (Å²) in [6, 6.07) is 0. The predicted octanol–water partition coefficient (Wildman–Crippen LogP) is 4.03. The number of nitrogens with zero attached hydrogens (tertiary/aromatic N) is 2. The number of amides is 2. The lowest BCUT2D eigenvalue weighted by atomic mass is 9.84. The van der Waals surface area contributed by atoms with Crippen LogP contribution in [0.1, 0.15) is 54.4 Å². The number of anilines is 1. The number of thiazole rings is 1. The fraction of sp³-hybridized carbons (Fsp3) is 0.722. The number of carbonyl (C=O) groups is 2. The molecule has 0 aliphatic heterocycles. The van der Waals surface area contributed by atoms with Crippen LogP contribution in [0.2, 0.25) is 0 Å². The van der Waals surface area contributed by atoms with E-state index < -0.39 is 0 Å². The van der Waals surface area contributed by atoms with Crippen LogP contribution in [0.3, 0.4) is 0 Å². The standard InChI is InChI=1S/C18H31N3O2S/c1-13(2)11-21(12-15(22)20-17-19-7-8-24-17)16(23)9-14(3)10-18(4,5)6/h7-8,13-14H,9-12H2,1-6H3,(H,19,20,22)/t14-/m1/s1. The minimum atomic E-state index is -0.192. The fourth-order valence-electron chi connectivity index (χ4n) is 2.86. The first kappa shape index (κ1) is 20.6. The third-order valence-corrected chi connectivity index (χ3v) is 4.12. The Hall–Kier alpha value is -1.43. The number of nitrogens with one attached hydrogen (secondary N) is 1. The van der Waals surface area contributed by atoms with E-state index in [1.807, 2.05) is 0 Å². The molecule has 0 fully saturated rings. The topological polar surface area (TPSA) is 62.3 Å². The highest BCUT2D eigenvalue weighted by molar-refractivity contribution is 7.13. The second-order valence-electron chi connectivity index (χ2n) is 8.13. The summed E-state index contributed by atoms with van der Waals surface area (Å²) in [5.41, 5.74) is 0.199. The van der Waals surface area contributed by atoms with E-state index in [9.17, 15) is 9.59 Å². The van der Waals surface area contributed by atoms with Crippen LogP contribution >= 0.6 is 11.3 Å². The van der Waals surface area contributed by atoms with E-state index in [2.05, 4.69) is 51.8 Å². The van der Waals surface area contributed by atoms with Crippen molar-refractivity contribution in [1.82, 2.24) is 9.88 Å². The molecule has 2 amide bonds. The molecule has 0 saturated heterocycles. The number of hydrogen-bond acceptors (Lipinski definition) is 4. The van der Waals surface area contributed by atoms with E-state index >= 15 is 0 Å². The van der Waals surface area contributed by atoms with Gasteiger partial charge in [0, 0.05) is 24.5 Å². The average molecular weight is 354 g/mol. The molecule has 1 aromatic rings. The maximum atomic E-state index is 12.6. The van der Waals surface area contributed by atoms with Crippen LogP contribution in [-0.4, -0.2) is 34.8 Å². The zero-order valence-electron chi connectivity index (χ0n) is 15.8. The molecule has 24 heavy (non-hydrogen) atoms. The van der Waals surface area contributed by atoms with Crippen LogP contribution in [-0.2, 0) is 9.59 Å². The Morgan fingerprint density at radius 3 is 2.46 bits per heavy atom. The monoisotopic (exact) mass is 353 g/mol. The average Bonchev–Trinajstić information content (AvgIpc) is 2.87. The summed E-state index contributed by atoms with van der Waals surface area (Å²) in [6.07, 6.45) is 3.11. The second-order valence-corrected chi connectivity index (χ2v) is 9.02. The largest absolute Gasteiger partial charge is 0.333 e. The first-order valence-corrected chi connectivity index (χ1v) is 9.42. The molecule has 1 atom stereocenters. The molecule has 0 aliphatic carbocycles. The van der Waals surface area contributed by atoms with E-state index in [0.717, 1.165) is 6.42 Å². The minimum absolute atomic E-state index is 0.0507. The van der Waals surface area contributed by atoms with Gasteiger partial charge in [0.15, 0.2) is 5.13 Å². The van der Waals surface area contributed by atoms with Crippen LogP contribution in [0.25, 0.3) is 0 Å². The Morgan fingerprint density at radius 2 is 1.96 bits per heavy atom. The van der Waals surface area contributed by atoms with E-state index in [1.54, 1.807) is 16.5 Å². The number of rotatable bonds is 8. The lowest BCUT2D eigenvalue weighted by Gasteiger charge is -2.27. The molecule has 0 aliphatic rings. The van der Waals surface area contributed by atoms with Crippen molar-refractivity contribution in [2.75, 3.05) is 18.4 Å². The molecule has 5 nitrogen and oxygen atoms in total. The SMILES string of the molecule is CC(C)CN(CC(=O)Nc1nccs1)C(=O)C[C@@H](C)CC(C)(C)C. The van der Waals surface area contributed by atoms with E-state index in [4.69, 9.17) is 0 Å². The first-order valence-electron chi connectivity index (χ1n) is 8.54. The molecular weight excluding hydrogens is 322 g/mol. The minimum Gasteiger partial charge on any atom is -0.333 e. The quantitative estimate of drug-likeness (QED) is 0.767. The van der Waals surface area contributed by atoms with Crippen molar-refractivity contribution in [3.05, 3.63) is 11.6 Å². The third kappa shape index (κ3) is 8.43. The lowest BCUT2D eigenvalue weighted by molar-refractivity contribution is -0.136. The maximum absolute atomic E-state index is 12.6. The number of hydrogen-bond donors (Lipinski definition) is 1. The Balaban J connectivity index is 2.62. The van der Waals surface area contributed by atoms with Crippen molar-refractivity contribution in [2.45, 2.75) is 54.4 Å². The molecule has 1 heterocycles. The van der Waals surface area contributed by atoms with Crippen molar-refractivity contribution >= 4 is 28.3 Å². The van der Waals surface area contributed by atoms with E-state index in [-0.39, 0.29) is 23.8 Å². The van der Waals surface area contributed by atoms with Crippen molar-refractivity contribution in [3.63, 3.8) is 0 Å². The third-order valence-electron chi connectivity index (χ3n) is 3.44. The van der Waals surface area contributed by atoms with Gasteiger partial charge in [-0.1, -0.05) is 41.5 Å². The molecule has 0 aromatic carbocycles. The molecule has 0 saturated carbocycles. The normalized spacial score (nSPS) is 13.0. The van der Waals surface area contributed by atoms with Gasteiger partial charge in [0.25, 0.3) is 0 Å². The smallest absolute Gasteiger partial charge is 0.245 e. The van der Waals surface area contributed by atoms with Crippen LogP contribution in [0.15, 0.2) is 11.6 Å². The van der Waals surface area contributed by atoms with Gasteiger partial charge in [0.2, 0.25) is 11.8 Å². The van der Waals surface area contributed by atoms with Crippen LogP contribution < -0.4 is 5.32 Å². The maximum Gasteiger partial charge on any atom is 0.245 e. The van der Waals surface area contributed by atoms with Crippen molar-refractivity contribution < 1.29 is 9.59 Å². The second kappa shape index (κ2) is 9.16. The van der Waals surface area contributed by atoms with Crippen molar-refractivity contribution in [2.24, 2.45) is 17.3 Å². The zero-order valence-corrected chi connectivity index (χ0v) is 16.6. The number of aromatic nitrogens is 1. The van der Waals surface area contributed by atoms with Gasteiger partial charge in [-0.05, 0) is 23.7 Å². The summed E-state index contributed by atoms with van der Waals surface area (Å²) in [7, 11) is 0. The highest BCUT2D eigenvalue weighted by Crippen LogP contribution is 2.26. The van der Waals surface area contributed by atoms with Gasteiger partial charge in [-0.2, -0.15) is 0 Å². The van der Waals surface area contributed by atoms with Gasteiger partial charge in [0.05, 0.1) is 6.54 Å². The summed E-state index contributed by atoms with van der Waals surface area (Å²) in [4.78, 5) is 30.5. The summed E-state index contributed by atoms with van der Waals surface area (Å²) >= 11 is 1.37. The molecule has 0 spiro atoms. The molecule has 0 radical (unpaired) electrons. The summed E-state index contributed by atoms with van der Waals surface area (Å²) < 4.78 is 0. The summed E-state index contributed by atoms with van der Waals surface area (Å²) in [5, 5.41) is 5.12. The van der Waals surface area contributed by atoms with Crippen LogP contribution in [0.4, 0.5) is 5.13 Å². The number of carbonyl (C=O) groups excluding carboxylic acids is 2. The Kier molecular flexibility index (Phi) is 7.87.